The van der Waals surface area contributed by atoms with E-state index in [1.807, 2.05) is 0 Å². The predicted molar refractivity (Wildman–Crippen MR) is 173 cm³/mol. The van der Waals surface area contributed by atoms with E-state index in [1.54, 1.807) is 11.3 Å². The van der Waals surface area contributed by atoms with Crippen LogP contribution in [0, 0.1) is 11.3 Å². The number of nitrogen functional groups attached to an aromatic ring is 1. The number of nitriles is 1. The first kappa shape index (κ1) is 28.5. The third kappa shape index (κ3) is 4.02. The molecule has 3 aliphatic heterocycles. The van der Waals surface area contributed by atoms with Crippen LogP contribution in [-0.2, 0) is 23.0 Å². The second kappa shape index (κ2) is 10.7. The Hall–Kier alpha value is -3.73. The highest BCUT2D eigenvalue weighted by Crippen LogP contribution is 2.55. The van der Waals surface area contributed by atoms with Crippen LogP contribution in [0.4, 0.5) is 10.8 Å². The number of likely N-dealkylation sites (N-methyl/N-ethyl adjacent to an activating group) is 1. The van der Waals surface area contributed by atoms with Gasteiger partial charge in [0.25, 0.3) is 0 Å². The third-order valence-corrected chi connectivity index (χ3v) is 12.4. The van der Waals surface area contributed by atoms with Crippen LogP contribution in [-0.4, -0.2) is 81.8 Å². The van der Waals surface area contributed by atoms with Gasteiger partial charge in [0.15, 0.2) is 22.9 Å². The first-order valence-electron chi connectivity index (χ1n) is 16.8. The number of ether oxygens (including phenoxy) is 2. The highest BCUT2D eigenvalue weighted by Gasteiger charge is 2.49. The van der Waals surface area contributed by atoms with Crippen LogP contribution < -0.4 is 15.4 Å². The average Bonchev–Trinajstić information content (AvgIpc) is 3.79. The van der Waals surface area contributed by atoms with Crippen molar-refractivity contribution in [3.05, 3.63) is 27.3 Å². The number of aromatic nitrogens is 5. The average molecular weight is 642 g/mol. The van der Waals surface area contributed by atoms with E-state index in [0.29, 0.717) is 60.4 Å². The SMILES string of the molecule is CC(C1CCCN1C)n1nc2c3c(nc(-c4noc5c4CCCC54CCCc5sc(N)c(C#N)c54)nc31)N1CCOCCC1CO2. The highest BCUT2D eigenvalue weighted by molar-refractivity contribution is 7.16. The van der Waals surface area contributed by atoms with Gasteiger partial charge < -0.3 is 29.5 Å². The Morgan fingerprint density at radius 3 is 2.80 bits per heavy atom. The Morgan fingerprint density at radius 1 is 1.11 bits per heavy atom. The highest BCUT2D eigenvalue weighted by atomic mass is 32.1. The van der Waals surface area contributed by atoms with Crippen molar-refractivity contribution in [3.8, 4) is 23.5 Å². The van der Waals surface area contributed by atoms with Gasteiger partial charge in [-0.1, -0.05) is 5.16 Å². The summed E-state index contributed by atoms with van der Waals surface area (Å²) in [5.41, 5.74) is 10.2. The molecule has 2 saturated heterocycles. The Bertz CT molecular complexity index is 1890. The summed E-state index contributed by atoms with van der Waals surface area (Å²) >= 11 is 1.56. The summed E-state index contributed by atoms with van der Waals surface area (Å²) in [5.74, 6) is 2.85. The Balaban J connectivity index is 1.24. The van der Waals surface area contributed by atoms with Crippen molar-refractivity contribution >= 4 is 33.2 Å². The lowest BCUT2D eigenvalue weighted by molar-refractivity contribution is 0.147. The van der Waals surface area contributed by atoms with Gasteiger partial charge in [-0.25, -0.2) is 14.6 Å². The number of thiophene rings is 1. The Morgan fingerprint density at radius 2 is 1.98 bits per heavy atom. The van der Waals surface area contributed by atoms with E-state index < -0.39 is 5.41 Å². The van der Waals surface area contributed by atoms with Gasteiger partial charge in [-0.2, -0.15) is 5.26 Å². The lowest BCUT2D eigenvalue weighted by Gasteiger charge is -2.39. The van der Waals surface area contributed by atoms with E-state index in [0.717, 1.165) is 91.6 Å². The standard InChI is InChI=1S/C33H39N9O3S/c1-18(22-7-5-12-40(22)2)42-31-24-30(41-13-15-43-14-9-19(41)17-44-32(24)38-42)36-29(37-31)26-20-6-3-10-33(27(20)45-39-26)11-4-8-23-25(33)21(16-34)28(35)46-23/h18-19,22H,3-15,17,35H2,1-2H3. The molecular weight excluding hydrogens is 602 g/mol. The fourth-order valence-electron chi connectivity index (χ4n) is 9.06. The maximum atomic E-state index is 10.2. The molecule has 0 aromatic carbocycles. The van der Waals surface area contributed by atoms with Crippen molar-refractivity contribution in [1.29, 1.82) is 5.26 Å². The quantitative estimate of drug-likeness (QED) is 0.335. The van der Waals surface area contributed by atoms with Crippen molar-refractivity contribution < 1.29 is 14.0 Å². The van der Waals surface area contributed by atoms with Gasteiger partial charge in [0.2, 0.25) is 5.88 Å². The number of aryl methyl sites for hydroxylation is 1. The van der Waals surface area contributed by atoms with Crippen molar-refractivity contribution in [2.45, 2.75) is 88.3 Å². The molecule has 12 nitrogen and oxygen atoms in total. The molecule has 1 spiro atoms. The van der Waals surface area contributed by atoms with Crippen LogP contribution >= 0.6 is 11.3 Å². The van der Waals surface area contributed by atoms with Gasteiger partial charge in [0, 0.05) is 29.6 Å². The number of anilines is 2. The summed E-state index contributed by atoms with van der Waals surface area (Å²) in [5, 5.41) is 21.5. The number of rotatable bonds is 3. The second-order valence-electron chi connectivity index (χ2n) is 13.7. The summed E-state index contributed by atoms with van der Waals surface area (Å²) in [4.78, 5) is 16.5. The second-order valence-corrected chi connectivity index (χ2v) is 14.8. The van der Waals surface area contributed by atoms with Crippen LogP contribution in [0.1, 0.15) is 85.2 Å². The largest absolute Gasteiger partial charge is 0.474 e. The van der Waals surface area contributed by atoms with Crippen LogP contribution in [0.2, 0.25) is 0 Å². The summed E-state index contributed by atoms with van der Waals surface area (Å²) in [7, 11) is 2.20. The number of nitrogens with zero attached hydrogens (tertiary/aromatic N) is 8. The summed E-state index contributed by atoms with van der Waals surface area (Å²) < 4.78 is 20.8. The molecule has 0 bridgehead atoms. The van der Waals surface area contributed by atoms with E-state index in [-0.39, 0.29) is 12.1 Å². The lowest BCUT2D eigenvalue weighted by atomic mass is 9.63. The van der Waals surface area contributed by atoms with Crippen LogP contribution in [0.25, 0.3) is 22.6 Å². The minimum atomic E-state index is -0.404. The number of hydrogen-bond donors (Lipinski definition) is 1. The van der Waals surface area contributed by atoms with E-state index in [1.165, 1.54) is 11.3 Å². The van der Waals surface area contributed by atoms with E-state index >= 15 is 0 Å². The maximum absolute atomic E-state index is 10.2. The van der Waals surface area contributed by atoms with Crippen molar-refractivity contribution in [2.75, 3.05) is 50.6 Å². The van der Waals surface area contributed by atoms with E-state index in [4.69, 9.17) is 40.0 Å². The maximum Gasteiger partial charge on any atom is 0.246 e. The molecule has 5 aliphatic rings. The number of hydrogen-bond acceptors (Lipinski definition) is 12. The first-order valence-corrected chi connectivity index (χ1v) is 17.6. The number of likely N-dealkylation sites (tertiary alicyclic amines) is 1. The fourth-order valence-corrected chi connectivity index (χ4v) is 10.2. The van der Waals surface area contributed by atoms with Gasteiger partial charge in [-0.3, -0.25) is 0 Å². The fraction of sp³-hybridized carbons (Fsp3) is 0.606. The van der Waals surface area contributed by atoms with Gasteiger partial charge >= 0.3 is 0 Å². The Labute approximate surface area is 271 Å². The summed E-state index contributed by atoms with van der Waals surface area (Å²) in [6, 6.07) is 3.00. The monoisotopic (exact) mass is 641 g/mol. The first-order chi connectivity index (χ1) is 22.5. The summed E-state index contributed by atoms with van der Waals surface area (Å²) in [6.07, 6.45) is 8.70. The predicted octanol–water partition coefficient (Wildman–Crippen LogP) is 4.60. The van der Waals surface area contributed by atoms with Gasteiger partial charge in [-0.05, 0) is 83.9 Å². The number of nitrogens with two attached hydrogens (primary N) is 1. The molecule has 9 rings (SSSR count). The van der Waals surface area contributed by atoms with Crippen LogP contribution in [0.3, 0.4) is 0 Å². The summed E-state index contributed by atoms with van der Waals surface area (Å²) in [6.45, 7) is 5.86. The molecule has 4 atom stereocenters. The lowest BCUT2D eigenvalue weighted by Crippen LogP contribution is -2.40. The van der Waals surface area contributed by atoms with Crippen LogP contribution in [0.5, 0.6) is 5.88 Å². The van der Waals surface area contributed by atoms with Crippen molar-refractivity contribution in [2.24, 2.45) is 0 Å². The molecule has 46 heavy (non-hydrogen) atoms. The van der Waals surface area contributed by atoms with Crippen molar-refractivity contribution in [3.63, 3.8) is 0 Å². The zero-order valence-corrected chi connectivity index (χ0v) is 27.2. The van der Waals surface area contributed by atoms with Gasteiger partial charge in [-0.15, -0.1) is 16.4 Å². The molecule has 13 heteroatoms. The third-order valence-electron chi connectivity index (χ3n) is 11.3. The zero-order valence-electron chi connectivity index (χ0n) is 26.4. The topological polar surface area (TPSA) is 144 Å². The molecule has 7 heterocycles. The van der Waals surface area contributed by atoms with Crippen LogP contribution in [0.15, 0.2) is 4.52 Å². The molecule has 2 aliphatic carbocycles. The molecule has 2 fully saturated rings. The molecule has 2 N–H and O–H groups in total. The van der Waals surface area contributed by atoms with Gasteiger partial charge in [0.1, 0.15) is 28.9 Å². The zero-order chi connectivity index (χ0) is 31.2. The minimum Gasteiger partial charge on any atom is -0.474 e. The molecule has 240 valence electrons. The van der Waals surface area contributed by atoms with E-state index in [2.05, 4.69) is 34.5 Å². The van der Waals surface area contributed by atoms with Crippen molar-refractivity contribution in [1.82, 2.24) is 29.8 Å². The normalized spacial score (nSPS) is 26.6. The van der Waals surface area contributed by atoms with Gasteiger partial charge in [0.05, 0.1) is 29.7 Å². The molecule has 0 radical (unpaired) electrons. The molecule has 4 unspecified atom stereocenters. The molecular formula is C33H39N9O3S. The minimum absolute atomic E-state index is 0.0919. The molecule has 4 aromatic heterocycles. The Kier molecular flexibility index (Phi) is 6.60. The number of fused-ring (bicyclic) bond motifs is 6. The smallest absolute Gasteiger partial charge is 0.246 e. The molecule has 0 amide bonds. The molecule has 0 saturated carbocycles. The van der Waals surface area contributed by atoms with E-state index in [9.17, 15) is 5.26 Å². The molecule has 4 aromatic rings.